The maximum absolute atomic E-state index is 12.1. The van der Waals surface area contributed by atoms with E-state index in [4.69, 9.17) is 19.2 Å². The molecule has 0 spiro atoms. The number of fused-ring (bicyclic) bond motifs is 1. The van der Waals surface area contributed by atoms with Gasteiger partial charge in [0.1, 0.15) is 11.2 Å². The highest BCUT2D eigenvalue weighted by Gasteiger charge is 2.30. The quantitative estimate of drug-likeness (QED) is 0.500. The third-order valence-electron chi connectivity index (χ3n) is 7.10. The Hall–Kier alpha value is -3.77. The van der Waals surface area contributed by atoms with Crippen LogP contribution in [0.5, 0.6) is 0 Å². The maximum Gasteiger partial charge on any atom is 0.318 e. The highest BCUT2D eigenvalue weighted by atomic mass is 16.5. The van der Waals surface area contributed by atoms with Crippen LogP contribution in [0.1, 0.15) is 24.5 Å². The normalized spacial score (nSPS) is 17.0. The van der Waals surface area contributed by atoms with E-state index in [9.17, 15) is 9.59 Å². The first-order chi connectivity index (χ1) is 18.4. The molecule has 2 saturated heterocycles. The summed E-state index contributed by atoms with van der Waals surface area (Å²) in [5.41, 5.74) is 3.66. The predicted molar refractivity (Wildman–Crippen MR) is 143 cm³/mol. The summed E-state index contributed by atoms with van der Waals surface area (Å²) in [5.74, 6) is 1.58. The summed E-state index contributed by atoms with van der Waals surface area (Å²) in [6.07, 6.45) is 1.74. The fraction of sp³-hybridized carbons (Fsp3) is 0.500. The average Bonchev–Trinajstić information content (AvgIpc) is 3.38. The molecular weight excluding hydrogens is 488 g/mol. The van der Waals surface area contributed by atoms with Gasteiger partial charge in [0, 0.05) is 51.4 Å². The smallest absolute Gasteiger partial charge is 0.318 e. The molecular formula is C26H34N8O4. The summed E-state index contributed by atoms with van der Waals surface area (Å²) in [5, 5.41) is 9.81. The van der Waals surface area contributed by atoms with Gasteiger partial charge in [-0.2, -0.15) is 0 Å². The number of urea groups is 1. The molecule has 0 bridgehead atoms. The van der Waals surface area contributed by atoms with Crippen LogP contribution in [-0.4, -0.2) is 104 Å². The molecule has 38 heavy (non-hydrogen) atoms. The van der Waals surface area contributed by atoms with E-state index in [0.29, 0.717) is 55.8 Å². The van der Waals surface area contributed by atoms with Gasteiger partial charge in [0.25, 0.3) is 0 Å². The third kappa shape index (κ3) is 5.55. The van der Waals surface area contributed by atoms with E-state index >= 15 is 0 Å². The van der Waals surface area contributed by atoms with Gasteiger partial charge in [-0.1, -0.05) is 5.16 Å². The molecule has 1 aromatic carbocycles. The largest absolute Gasteiger partial charge is 0.378 e. The van der Waals surface area contributed by atoms with Crippen molar-refractivity contribution in [3.8, 4) is 11.4 Å². The van der Waals surface area contributed by atoms with Crippen molar-refractivity contribution >= 4 is 34.5 Å². The lowest BCUT2D eigenvalue weighted by atomic mass is 9.93. The summed E-state index contributed by atoms with van der Waals surface area (Å²) in [6.45, 7) is 4.69. The zero-order chi connectivity index (χ0) is 26.6. The number of anilines is 2. The molecule has 202 valence electrons. The van der Waals surface area contributed by atoms with Gasteiger partial charge in [0.2, 0.25) is 11.5 Å². The number of benzene rings is 1. The molecule has 2 fully saturated rings. The summed E-state index contributed by atoms with van der Waals surface area (Å²) < 4.78 is 11.4. The van der Waals surface area contributed by atoms with Gasteiger partial charge in [-0.15, -0.1) is 0 Å². The summed E-state index contributed by atoms with van der Waals surface area (Å²) in [7, 11) is 5.14. The number of likely N-dealkylation sites (N-methyl/N-ethyl adjacent to an activating group) is 1. The van der Waals surface area contributed by atoms with Crippen molar-refractivity contribution in [3.05, 3.63) is 30.0 Å². The molecule has 12 heteroatoms. The second-order valence-electron chi connectivity index (χ2n) is 9.84. The van der Waals surface area contributed by atoms with Crippen LogP contribution in [0.3, 0.4) is 0 Å². The molecule has 2 aromatic heterocycles. The Morgan fingerprint density at radius 2 is 1.76 bits per heavy atom. The monoisotopic (exact) mass is 522 g/mol. The van der Waals surface area contributed by atoms with E-state index in [1.165, 1.54) is 0 Å². The SMILES string of the molecule is CNC(=O)Nc1ccc(-c2nc(N3CCOCC3)c3onc(C4CCN(CC(=O)N(C)C)CC4)c3n2)cc1. The number of carbonyl (C=O) groups is 2. The van der Waals surface area contributed by atoms with Crippen molar-refractivity contribution in [1.82, 2.24) is 30.2 Å². The van der Waals surface area contributed by atoms with Crippen LogP contribution in [0.4, 0.5) is 16.3 Å². The van der Waals surface area contributed by atoms with E-state index in [1.807, 2.05) is 24.3 Å². The molecule has 2 N–H and O–H groups in total. The van der Waals surface area contributed by atoms with Crippen LogP contribution in [-0.2, 0) is 9.53 Å². The van der Waals surface area contributed by atoms with Crippen molar-refractivity contribution in [3.63, 3.8) is 0 Å². The van der Waals surface area contributed by atoms with Crippen molar-refractivity contribution in [2.45, 2.75) is 18.8 Å². The minimum Gasteiger partial charge on any atom is -0.378 e. The van der Waals surface area contributed by atoms with E-state index in [1.54, 1.807) is 26.0 Å². The lowest BCUT2D eigenvalue weighted by Crippen LogP contribution is -2.40. The lowest BCUT2D eigenvalue weighted by molar-refractivity contribution is -0.130. The van der Waals surface area contributed by atoms with Crippen LogP contribution in [0.25, 0.3) is 22.5 Å². The Morgan fingerprint density at radius 3 is 2.42 bits per heavy atom. The van der Waals surface area contributed by atoms with Crippen molar-refractivity contribution in [1.29, 1.82) is 0 Å². The van der Waals surface area contributed by atoms with Gasteiger partial charge in [0.05, 0.1) is 19.8 Å². The number of hydrogen-bond donors (Lipinski definition) is 2. The molecule has 12 nitrogen and oxygen atoms in total. The van der Waals surface area contributed by atoms with Gasteiger partial charge in [-0.25, -0.2) is 14.8 Å². The van der Waals surface area contributed by atoms with Gasteiger partial charge < -0.3 is 29.7 Å². The molecule has 3 amide bonds. The average molecular weight is 523 g/mol. The first-order valence-electron chi connectivity index (χ1n) is 12.9. The fourth-order valence-corrected chi connectivity index (χ4v) is 4.81. The zero-order valence-electron chi connectivity index (χ0n) is 22.1. The summed E-state index contributed by atoms with van der Waals surface area (Å²) in [6, 6.07) is 7.15. The van der Waals surface area contributed by atoms with Crippen LogP contribution in [0.2, 0.25) is 0 Å². The molecule has 0 atom stereocenters. The van der Waals surface area contributed by atoms with E-state index in [0.717, 1.165) is 42.7 Å². The predicted octanol–water partition coefficient (Wildman–Crippen LogP) is 2.14. The highest BCUT2D eigenvalue weighted by Crippen LogP contribution is 2.36. The van der Waals surface area contributed by atoms with Crippen molar-refractivity contribution in [2.24, 2.45) is 0 Å². The van der Waals surface area contributed by atoms with Crippen LogP contribution >= 0.6 is 0 Å². The number of nitrogens with zero attached hydrogens (tertiary/aromatic N) is 6. The van der Waals surface area contributed by atoms with E-state index in [2.05, 4.69) is 25.6 Å². The number of ether oxygens (including phenoxy) is 1. The Bertz CT molecular complexity index is 1280. The maximum atomic E-state index is 12.1. The number of morpholine rings is 1. The van der Waals surface area contributed by atoms with Crippen molar-refractivity contribution < 1.29 is 18.8 Å². The number of amides is 3. The number of rotatable bonds is 6. The minimum atomic E-state index is -0.281. The van der Waals surface area contributed by atoms with Gasteiger partial charge in [-0.3, -0.25) is 9.69 Å². The topological polar surface area (TPSA) is 129 Å². The minimum absolute atomic E-state index is 0.111. The molecule has 0 unspecified atom stereocenters. The molecule has 5 rings (SSSR count). The van der Waals surface area contributed by atoms with Crippen LogP contribution in [0, 0.1) is 0 Å². The number of nitrogens with one attached hydrogen (secondary N) is 2. The van der Waals surface area contributed by atoms with Gasteiger partial charge in [-0.05, 0) is 50.2 Å². The number of carbonyl (C=O) groups excluding carboxylic acids is 2. The molecule has 0 aliphatic carbocycles. The fourth-order valence-electron chi connectivity index (χ4n) is 4.81. The number of aromatic nitrogens is 3. The van der Waals surface area contributed by atoms with Crippen LogP contribution < -0.4 is 15.5 Å². The first kappa shape index (κ1) is 25.9. The third-order valence-corrected chi connectivity index (χ3v) is 7.10. The van der Waals surface area contributed by atoms with Crippen LogP contribution in [0.15, 0.2) is 28.8 Å². The molecule has 3 aromatic rings. The van der Waals surface area contributed by atoms with E-state index < -0.39 is 0 Å². The molecule has 2 aliphatic rings. The second-order valence-corrected chi connectivity index (χ2v) is 9.84. The number of likely N-dealkylation sites (tertiary alicyclic amines) is 1. The highest BCUT2D eigenvalue weighted by molar-refractivity contribution is 5.90. The molecule has 2 aliphatic heterocycles. The first-order valence-corrected chi connectivity index (χ1v) is 12.9. The Labute approximate surface area is 221 Å². The Balaban J connectivity index is 1.45. The van der Waals surface area contributed by atoms with E-state index in [-0.39, 0.29) is 17.9 Å². The van der Waals surface area contributed by atoms with Gasteiger partial charge >= 0.3 is 6.03 Å². The summed E-state index contributed by atoms with van der Waals surface area (Å²) >= 11 is 0. The molecule has 4 heterocycles. The molecule has 0 radical (unpaired) electrons. The lowest BCUT2D eigenvalue weighted by Gasteiger charge is -2.31. The van der Waals surface area contributed by atoms with Crippen molar-refractivity contribution in [2.75, 3.05) is 77.3 Å². The number of hydrogen-bond acceptors (Lipinski definition) is 9. The Kier molecular flexibility index (Phi) is 7.70. The zero-order valence-corrected chi connectivity index (χ0v) is 22.1. The Morgan fingerprint density at radius 1 is 1.05 bits per heavy atom. The molecule has 0 saturated carbocycles. The second kappa shape index (κ2) is 11.3. The number of piperidine rings is 1. The summed E-state index contributed by atoms with van der Waals surface area (Å²) in [4.78, 5) is 39.6. The standard InChI is InChI=1S/C26H34N8O4/c1-27-26(36)28-19-6-4-18(5-7-19)24-29-22-21(17-8-10-33(11-9-17)16-20(35)32(2)3)31-38-23(22)25(30-24)34-12-14-37-15-13-34/h4-7,17H,8-16H2,1-3H3,(H2,27,28,36). The van der Waals surface area contributed by atoms with Gasteiger partial charge in [0.15, 0.2) is 11.6 Å².